The number of nitrogens with zero attached hydrogens (tertiary/aromatic N) is 5. The minimum atomic E-state index is -2.31. The molecule has 0 atom stereocenters. The number of hydrazine groups is 1. The summed E-state index contributed by atoms with van der Waals surface area (Å²) in [4.78, 5) is 34.6. The van der Waals surface area contributed by atoms with Gasteiger partial charge >= 0.3 is 6.09 Å². The number of halogens is 1. The topological polar surface area (TPSA) is 85.8 Å². The predicted molar refractivity (Wildman–Crippen MR) is 153 cm³/mol. The summed E-state index contributed by atoms with van der Waals surface area (Å²) in [5, 5.41) is 4.51. The number of amidine groups is 1. The van der Waals surface area contributed by atoms with E-state index in [1.54, 1.807) is 24.3 Å². The molecule has 3 fully saturated rings. The second-order valence-electron chi connectivity index (χ2n) is 11.1. The van der Waals surface area contributed by atoms with E-state index >= 15 is 0 Å². The van der Waals surface area contributed by atoms with Gasteiger partial charge in [0.1, 0.15) is 11.6 Å². The van der Waals surface area contributed by atoms with Gasteiger partial charge in [-0.15, -0.1) is 0 Å². The van der Waals surface area contributed by atoms with Crippen molar-refractivity contribution in [2.75, 3.05) is 58.9 Å². The number of ether oxygens (including phenoxy) is 1. The van der Waals surface area contributed by atoms with Crippen LogP contribution in [-0.2, 0) is 9.36 Å². The lowest BCUT2D eigenvalue weighted by Gasteiger charge is -2.40. The molecular formula is C27H37FN5O4PS. The smallest absolute Gasteiger partial charge is 0.409 e. The normalized spacial score (nSPS) is 23.1. The number of likely N-dealkylation sites (tertiary alicyclic amines) is 2. The average molecular weight is 578 g/mol. The highest BCUT2D eigenvalue weighted by Gasteiger charge is 2.33. The number of aliphatic imine (C=N–C) groups is 1. The summed E-state index contributed by atoms with van der Waals surface area (Å²) in [7, 11) is -2.31. The molecule has 0 unspecified atom stereocenters. The van der Waals surface area contributed by atoms with Gasteiger partial charge in [-0.2, -0.15) is 4.99 Å². The van der Waals surface area contributed by atoms with Crippen LogP contribution in [0.5, 0.6) is 5.75 Å². The molecule has 1 aromatic carbocycles. The van der Waals surface area contributed by atoms with Gasteiger partial charge in [0.15, 0.2) is 5.17 Å². The van der Waals surface area contributed by atoms with E-state index in [9.17, 15) is 18.5 Å². The van der Waals surface area contributed by atoms with Crippen molar-refractivity contribution >= 4 is 42.1 Å². The molecule has 0 aromatic heterocycles. The zero-order chi connectivity index (χ0) is 27.6. The molecule has 0 bridgehead atoms. The summed E-state index contributed by atoms with van der Waals surface area (Å²) in [6.45, 7) is 8.43. The van der Waals surface area contributed by atoms with E-state index in [-0.39, 0.29) is 5.75 Å². The third kappa shape index (κ3) is 7.12. The Kier molecular flexibility index (Phi) is 8.81. The minimum Gasteiger partial charge on any atom is -0.409 e. The third-order valence-corrected chi connectivity index (χ3v) is 9.56. The third-order valence-electron chi connectivity index (χ3n) is 7.55. The number of carbonyl (C=O) groups excluding carboxylic acids is 2. The largest absolute Gasteiger partial charge is 0.415 e. The molecule has 0 radical (unpaired) electrons. The molecule has 4 aliphatic rings. The summed E-state index contributed by atoms with van der Waals surface area (Å²) in [5.74, 6) is -0.849. The van der Waals surface area contributed by atoms with Crippen LogP contribution in [0, 0.1) is 5.82 Å². The van der Waals surface area contributed by atoms with Crippen molar-refractivity contribution in [2.24, 2.45) is 4.99 Å². The van der Waals surface area contributed by atoms with Gasteiger partial charge in [0, 0.05) is 43.9 Å². The van der Waals surface area contributed by atoms with Crippen molar-refractivity contribution in [1.29, 1.82) is 0 Å². The molecular weight excluding hydrogens is 540 g/mol. The van der Waals surface area contributed by atoms with Crippen LogP contribution in [-0.4, -0.2) is 102 Å². The lowest BCUT2D eigenvalue weighted by molar-refractivity contribution is -0.113. The summed E-state index contributed by atoms with van der Waals surface area (Å²) >= 11 is 1.23. The fraction of sp³-hybridized carbons (Fsp3) is 0.593. The first-order valence-corrected chi connectivity index (χ1v) is 17.4. The minimum absolute atomic E-state index is 0.0773. The Labute approximate surface area is 233 Å². The second-order valence-corrected chi connectivity index (χ2v) is 15.5. The maximum absolute atomic E-state index is 14.2. The van der Waals surface area contributed by atoms with Crippen molar-refractivity contribution < 1.29 is 23.3 Å². The number of carbonyl (C=O) groups is 2. The zero-order valence-corrected chi connectivity index (χ0v) is 24.4. The first-order valence-electron chi connectivity index (χ1n) is 13.8. The molecule has 0 N–H and O–H groups in total. The quantitative estimate of drug-likeness (QED) is 0.366. The van der Waals surface area contributed by atoms with Crippen molar-refractivity contribution in [3.8, 4) is 5.75 Å². The number of amides is 2. The van der Waals surface area contributed by atoms with E-state index in [0.717, 1.165) is 45.3 Å². The maximum Gasteiger partial charge on any atom is 0.415 e. The number of hydrogen-bond donors (Lipinski definition) is 0. The van der Waals surface area contributed by atoms with Gasteiger partial charge in [-0.25, -0.2) is 14.2 Å². The van der Waals surface area contributed by atoms with Crippen LogP contribution in [0.25, 0.3) is 6.08 Å². The molecule has 9 nitrogen and oxygen atoms in total. The van der Waals surface area contributed by atoms with Gasteiger partial charge in [0.2, 0.25) is 0 Å². The van der Waals surface area contributed by atoms with Crippen molar-refractivity contribution in [3.05, 3.63) is 34.5 Å². The maximum atomic E-state index is 14.2. The van der Waals surface area contributed by atoms with Gasteiger partial charge in [-0.1, -0.05) is 0 Å². The fourth-order valence-corrected chi connectivity index (χ4v) is 7.66. The lowest BCUT2D eigenvalue weighted by atomic mass is 10.0. The van der Waals surface area contributed by atoms with Crippen LogP contribution in [0.2, 0.25) is 0 Å². The first-order chi connectivity index (χ1) is 18.7. The monoisotopic (exact) mass is 577 g/mol. The number of rotatable bonds is 5. The molecule has 39 heavy (non-hydrogen) atoms. The summed E-state index contributed by atoms with van der Waals surface area (Å²) in [6, 6.07) is 4.47. The van der Waals surface area contributed by atoms with Crippen LogP contribution in [0.15, 0.2) is 28.1 Å². The van der Waals surface area contributed by atoms with Gasteiger partial charge in [0.25, 0.3) is 5.91 Å². The van der Waals surface area contributed by atoms with E-state index in [2.05, 4.69) is 9.89 Å². The Balaban J connectivity index is 1.26. The molecule has 0 spiro atoms. The van der Waals surface area contributed by atoms with Crippen LogP contribution < -0.4 is 4.74 Å². The van der Waals surface area contributed by atoms with Crippen LogP contribution >= 0.6 is 18.9 Å². The van der Waals surface area contributed by atoms with Gasteiger partial charge in [0.05, 0.1) is 18.3 Å². The predicted octanol–water partition coefficient (Wildman–Crippen LogP) is 4.75. The Morgan fingerprint density at radius 3 is 2.51 bits per heavy atom. The zero-order valence-electron chi connectivity index (χ0n) is 22.7. The van der Waals surface area contributed by atoms with E-state index in [0.29, 0.717) is 47.6 Å². The standard InChI is InChI=1S/C27H37FN5O4PS/c1-38(2,36)19-32-13-5-6-14-33(32)26-29-25(34)24(39-26)17-20-7-8-21(28)18-23(20)37-27(35)31-15-9-22(10-16-31)30-11-3-4-12-30/h7-8,17-18,22H,3-6,9-16,19H2,1-2H3/b24-17-. The molecule has 2 amide bonds. The SMILES string of the molecule is CP(C)(=O)CN1CCCCN1C1=NC(=O)/C(=C/c2ccc(F)cc2OC(=O)N2CCC(N3CCCC3)CC2)S1. The molecule has 5 rings (SSSR count). The molecule has 1 aromatic rings. The van der Waals surface area contributed by atoms with E-state index in [1.807, 2.05) is 10.0 Å². The molecule has 212 valence electrons. The first kappa shape index (κ1) is 28.3. The Morgan fingerprint density at radius 2 is 1.79 bits per heavy atom. The van der Waals surface area contributed by atoms with Crippen molar-refractivity contribution in [3.63, 3.8) is 0 Å². The Bertz CT molecular complexity index is 1210. The number of piperidine rings is 1. The highest BCUT2D eigenvalue weighted by Crippen LogP contribution is 2.40. The molecule has 0 saturated carbocycles. The summed E-state index contributed by atoms with van der Waals surface area (Å²) in [6.07, 6.45) is 7.75. The lowest BCUT2D eigenvalue weighted by Crippen LogP contribution is -2.49. The van der Waals surface area contributed by atoms with Gasteiger partial charge in [-0.3, -0.25) is 9.80 Å². The number of benzene rings is 1. The number of hydrogen-bond acceptors (Lipinski definition) is 8. The molecule has 0 aliphatic carbocycles. The Hall–Kier alpha value is -2.20. The van der Waals surface area contributed by atoms with Gasteiger partial charge < -0.3 is 19.1 Å². The van der Waals surface area contributed by atoms with Crippen molar-refractivity contribution in [2.45, 2.75) is 44.6 Å². The highest BCUT2D eigenvalue weighted by atomic mass is 32.2. The summed E-state index contributed by atoms with van der Waals surface area (Å²) < 4.78 is 32.3. The van der Waals surface area contributed by atoms with Crippen LogP contribution in [0.3, 0.4) is 0 Å². The average Bonchev–Trinajstić information content (AvgIpc) is 3.55. The molecule has 4 aliphatic heterocycles. The van der Waals surface area contributed by atoms with E-state index < -0.39 is 25.0 Å². The highest BCUT2D eigenvalue weighted by molar-refractivity contribution is 8.18. The van der Waals surface area contributed by atoms with E-state index in [1.165, 1.54) is 42.8 Å². The second kappa shape index (κ2) is 12.1. The molecule has 12 heteroatoms. The van der Waals surface area contributed by atoms with Crippen LogP contribution in [0.4, 0.5) is 9.18 Å². The van der Waals surface area contributed by atoms with E-state index in [4.69, 9.17) is 4.74 Å². The fourth-order valence-electron chi connectivity index (χ4n) is 5.62. The molecule has 3 saturated heterocycles. The summed E-state index contributed by atoms with van der Waals surface area (Å²) in [5.41, 5.74) is 0.436. The Morgan fingerprint density at radius 1 is 1.10 bits per heavy atom. The van der Waals surface area contributed by atoms with Crippen molar-refractivity contribution in [1.82, 2.24) is 19.8 Å². The van der Waals surface area contributed by atoms with Gasteiger partial charge in [-0.05, 0) is 94.9 Å². The molecule has 4 heterocycles. The van der Waals surface area contributed by atoms with Crippen LogP contribution in [0.1, 0.15) is 44.1 Å². The number of thioether (sulfide) groups is 1.